The van der Waals surface area contributed by atoms with Gasteiger partial charge in [-0.15, -0.1) is 0 Å². The third-order valence-corrected chi connectivity index (χ3v) is 18.2. The van der Waals surface area contributed by atoms with E-state index in [1.807, 2.05) is 13.8 Å². The number of hydrogen-bond acceptors (Lipinski definition) is 8. The Morgan fingerprint density at radius 3 is 2.40 bits per heavy atom. The van der Waals surface area contributed by atoms with Gasteiger partial charge in [-0.2, -0.15) is 0 Å². The van der Waals surface area contributed by atoms with E-state index in [-0.39, 0.29) is 18.1 Å². The minimum atomic E-state index is -2.87. The minimum absolute atomic E-state index is 0.0213. The zero-order valence-corrected chi connectivity index (χ0v) is 30.7. The quantitative estimate of drug-likeness (QED) is 0.206. The molecule has 47 heavy (non-hydrogen) atoms. The molecule has 1 aromatic heterocycles. The zero-order valence-electron chi connectivity index (χ0n) is 27.9. The van der Waals surface area contributed by atoms with Gasteiger partial charge >= 0.3 is 5.69 Å². The van der Waals surface area contributed by atoms with E-state index in [4.69, 9.17) is 18.3 Å². The molecule has 254 valence electrons. The van der Waals surface area contributed by atoms with Gasteiger partial charge in [-0.25, -0.2) is 9.46 Å². The van der Waals surface area contributed by atoms with Crippen LogP contribution in [0.25, 0.3) is 0 Å². The molecule has 0 spiro atoms. The fourth-order valence-electron chi connectivity index (χ4n) is 7.59. The molecule has 10 nitrogen and oxygen atoms in total. The molecule has 3 aliphatic rings. The highest BCUT2D eigenvalue weighted by Crippen LogP contribution is 2.59. The van der Waals surface area contributed by atoms with E-state index < -0.39 is 53.7 Å². The summed E-state index contributed by atoms with van der Waals surface area (Å²) in [6.07, 6.45) is 2.93. The summed E-state index contributed by atoms with van der Waals surface area (Å²) in [4.78, 5) is 27.4. The molecule has 2 aromatic carbocycles. The summed E-state index contributed by atoms with van der Waals surface area (Å²) in [7, 11) is -6.44. The number of fused-ring (bicyclic) bond motifs is 1. The molecule has 0 aliphatic carbocycles. The van der Waals surface area contributed by atoms with E-state index in [0.717, 1.165) is 25.4 Å². The first-order chi connectivity index (χ1) is 22.5. The number of ether oxygens (including phenoxy) is 1. The van der Waals surface area contributed by atoms with Gasteiger partial charge in [-0.3, -0.25) is 18.9 Å². The van der Waals surface area contributed by atoms with E-state index in [1.165, 1.54) is 14.9 Å². The molecule has 3 aromatic rings. The number of aromatic nitrogens is 2. The van der Waals surface area contributed by atoms with Crippen LogP contribution in [0, 0.1) is 12.8 Å². The van der Waals surface area contributed by atoms with E-state index in [9.17, 15) is 14.2 Å². The molecule has 0 amide bonds. The molecule has 6 rings (SSSR count). The maximum Gasteiger partial charge on any atom is 0.330 e. The summed E-state index contributed by atoms with van der Waals surface area (Å²) in [6.45, 7) is 10.9. The van der Waals surface area contributed by atoms with E-state index in [1.54, 1.807) is 19.8 Å². The summed E-state index contributed by atoms with van der Waals surface area (Å²) < 4.78 is 43.1. The van der Waals surface area contributed by atoms with Crippen LogP contribution in [0.2, 0.25) is 12.6 Å². The summed E-state index contributed by atoms with van der Waals surface area (Å²) in [5.74, 6) is -0.179. The number of H-pyrrole nitrogens is 1. The smallest absolute Gasteiger partial charge is 0.330 e. The Hall–Kier alpha value is -2.20. The highest BCUT2D eigenvalue weighted by atomic mass is 31.2. The maximum atomic E-state index is 13.2. The Morgan fingerprint density at radius 2 is 1.77 bits per heavy atom. The number of aryl methyl sites for hydroxylation is 1. The van der Waals surface area contributed by atoms with Crippen molar-refractivity contribution in [3.63, 3.8) is 0 Å². The standard InChI is InChI=1S/C34H47N3O7P2Si/c1-6-41-46(4,40)22-25(3)32-29(20-31(42-32)36-21-24(2)33(38)35-34(36)39)43-45-37-19-13-18-28(37)30(44-45)23-47(5,26-14-9-7-10-15-26)27-16-11-8-12-17-27/h7-12,14-17,21,25,28-32H,6,13,18-20,22-23H2,1-5H3,(H,35,38,39)/t25-,28+,29?,30-,31-,32-,45?,46?/m1/s1. The van der Waals surface area contributed by atoms with Crippen molar-refractivity contribution in [3.8, 4) is 0 Å². The summed E-state index contributed by atoms with van der Waals surface area (Å²) in [6, 6.07) is 22.9. The van der Waals surface area contributed by atoms with Crippen LogP contribution in [0.5, 0.6) is 0 Å². The minimum Gasteiger partial charge on any atom is -0.352 e. The van der Waals surface area contributed by atoms with Crippen LogP contribution in [0.4, 0.5) is 0 Å². The van der Waals surface area contributed by atoms with Gasteiger partial charge in [0.1, 0.15) is 14.3 Å². The summed E-state index contributed by atoms with van der Waals surface area (Å²) in [5.41, 5.74) is -0.519. The van der Waals surface area contributed by atoms with Crippen LogP contribution in [-0.2, 0) is 22.9 Å². The van der Waals surface area contributed by atoms with Crippen molar-refractivity contribution in [2.75, 3.05) is 26.0 Å². The molecule has 0 radical (unpaired) electrons. The Kier molecular flexibility index (Phi) is 10.6. The SMILES string of the molecule is CCOP(C)(=O)C[C@@H](C)[C@H]1O[C@@H](n2cc(C)c(=O)[nH]c2=O)CC1OP1O[C@H](C[Si](C)(c2ccccc2)c2ccccc2)[C@@H]2CCCN21. The average Bonchev–Trinajstić information content (AvgIpc) is 3.77. The monoisotopic (exact) mass is 699 g/mol. The van der Waals surface area contributed by atoms with Crippen molar-refractivity contribution >= 4 is 34.3 Å². The second kappa shape index (κ2) is 14.3. The molecule has 1 N–H and O–H groups in total. The van der Waals surface area contributed by atoms with Crippen molar-refractivity contribution in [2.45, 2.75) is 83.2 Å². The van der Waals surface area contributed by atoms with Gasteiger partial charge in [0.2, 0.25) is 7.37 Å². The van der Waals surface area contributed by atoms with E-state index in [2.05, 4.69) is 76.9 Å². The predicted molar refractivity (Wildman–Crippen MR) is 189 cm³/mol. The van der Waals surface area contributed by atoms with Gasteiger partial charge in [0, 0.05) is 43.6 Å². The van der Waals surface area contributed by atoms with Gasteiger partial charge in [0.05, 0.1) is 24.9 Å². The first-order valence-corrected chi connectivity index (χ1v) is 22.8. The largest absolute Gasteiger partial charge is 0.352 e. The summed E-state index contributed by atoms with van der Waals surface area (Å²) in [5, 5.41) is 2.77. The van der Waals surface area contributed by atoms with Crippen LogP contribution >= 0.6 is 15.9 Å². The number of rotatable bonds is 12. The fraction of sp³-hybridized carbons (Fsp3) is 0.529. The van der Waals surface area contributed by atoms with Crippen LogP contribution in [-0.4, -0.2) is 72.6 Å². The van der Waals surface area contributed by atoms with Gasteiger partial charge in [-0.1, -0.05) is 84.5 Å². The normalized spacial score (nSPS) is 28.3. The van der Waals surface area contributed by atoms with E-state index in [0.29, 0.717) is 24.8 Å². The van der Waals surface area contributed by atoms with Crippen molar-refractivity contribution in [2.24, 2.45) is 5.92 Å². The number of aromatic amines is 1. The second-order valence-electron chi connectivity index (χ2n) is 13.5. The van der Waals surface area contributed by atoms with Crippen molar-refractivity contribution in [1.29, 1.82) is 0 Å². The zero-order chi connectivity index (χ0) is 33.3. The van der Waals surface area contributed by atoms with Gasteiger partial charge < -0.3 is 18.3 Å². The Labute approximate surface area is 279 Å². The molecule has 3 fully saturated rings. The van der Waals surface area contributed by atoms with E-state index >= 15 is 0 Å². The molecule has 3 saturated heterocycles. The molecular formula is C34H47N3O7P2Si. The lowest BCUT2D eigenvalue weighted by Gasteiger charge is -2.32. The first kappa shape index (κ1) is 34.7. The fourth-order valence-corrected chi connectivity index (χ4v) is 15.4. The molecule has 0 bridgehead atoms. The molecule has 4 heterocycles. The average molecular weight is 700 g/mol. The van der Waals surface area contributed by atoms with Gasteiger partial charge in [-0.05, 0) is 38.7 Å². The Balaban J connectivity index is 1.27. The number of benzene rings is 2. The second-order valence-corrected chi connectivity index (χ2v) is 21.8. The highest BCUT2D eigenvalue weighted by molar-refractivity contribution is 7.58. The van der Waals surface area contributed by atoms with Gasteiger partial charge in [0.25, 0.3) is 14.1 Å². The summed E-state index contributed by atoms with van der Waals surface area (Å²) >= 11 is 0. The third kappa shape index (κ3) is 7.38. The molecule has 3 unspecified atom stereocenters. The molecular weight excluding hydrogens is 652 g/mol. The molecule has 0 saturated carbocycles. The number of nitrogens with zero attached hydrogens (tertiary/aromatic N) is 2. The van der Waals surface area contributed by atoms with Crippen molar-refractivity contribution in [1.82, 2.24) is 14.2 Å². The van der Waals surface area contributed by atoms with Crippen LogP contribution < -0.4 is 21.6 Å². The first-order valence-electron chi connectivity index (χ1n) is 16.7. The maximum absolute atomic E-state index is 13.2. The number of nitrogens with one attached hydrogen (secondary N) is 1. The van der Waals surface area contributed by atoms with Gasteiger partial charge in [0.15, 0.2) is 0 Å². The molecule has 8 atom stereocenters. The van der Waals surface area contributed by atoms with Crippen molar-refractivity contribution < 1.29 is 22.9 Å². The highest BCUT2D eigenvalue weighted by Gasteiger charge is 2.52. The Bertz CT molecular complexity index is 1650. The predicted octanol–water partition coefficient (Wildman–Crippen LogP) is 5.08. The lowest BCUT2D eigenvalue weighted by Crippen LogP contribution is -2.58. The Morgan fingerprint density at radius 1 is 1.11 bits per heavy atom. The van der Waals surface area contributed by atoms with Crippen LogP contribution in [0.3, 0.4) is 0 Å². The van der Waals surface area contributed by atoms with Crippen LogP contribution in [0.1, 0.15) is 44.9 Å². The lowest BCUT2D eigenvalue weighted by molar-refractivity contribution is -0.0397. The van der Waals surface area contributed by atoms with Crippen LogP contribution in [0.15, 0.2) is 76.4 Å². The molecule has 3 aliphatic heterocycles. The topological polar surface area (TPSA) is 112 Å². The lowest BCUT2D eigenvalue weighted by atomic mass is 10.0. The number of hydrogen-bond donors (Lipinski definition) is 1. The van der Waals surface area contributed by atoms with Crippen molar-refractivity contribution in [3.05, 3.63) is 93.3 Å². The molecule has 13 heteroatoms. The third-order valence-electron chi connectivity index (χ3n) is 9.94.